The molecule has 1 aromatic rings. The minimum Gasteiger partial charge on any atom is -0.318 e. The molecule has 0 spiro atoms. The summed E-state index contributed by atoms with van der Waals surface area (Å²) in [5.41, 5.74) is 4.39. The Bertz CT molecular complexity index is 409. The maximum absolute atomic E-state index is 10.6. The van der Waals surface area contributed by atoms with E-state index < -0.39 is 0 Å². The predicted molar refractivity (Wildman–Crippen MR) is 71.3 cm³/mol. The number of hydrogen-bond donors (Lipinski definition) is 1. The van der Waals surface area contributed by atoms with Crippen molar-refractivity contribution in [2.75, 3.05) is 5.43 Å². The highest BCUT2D eigenvalue weighted by molar-refractivity contribution is 5.47. The van der Waals surface area contributed by atoms with Crippen LogP contribution in [0.15, 0.2) is 24.3 Å². The van der Waals surface area contributed by atoms with Gasteiger partial charge in [-0.2, -0.15) is 0 Å². The summed E-state index contributed by atoms with van der Waals surface area (Å²) >= 11 is 0. The quantitative estimate of drug-likeness (QED) is 0.660. The maximum atomic E-state index is 10.6. The number of piperidine rings is 1. The van der Waals surface area contributed by atoms with Crippen LogP contribution in [0.1, 0.15) is 33.1 Å². The number of nitro benzene ring substituents is 1. The molecular formula is C13H19N3O2. The average Bonchev–Trinajstić information content (AvgIpc) is 2.34. The van der Waals surface area contributed by atoms with Crippen LogP contribution in [-0.2, 0) is 0 Å². The summed E-state index contributed by atoms with van der Waals surface area (Å²) in [4.78, 5) is 10.2. The van der Waals surface area contributed by atoms with Crippen LogP contribution in [0.2, 0.25) is 0 Å². The monoisotopic (exact) mass is 249 g/mol. The molecule has 1 heterocycles. The first-order valence-corrected chi connectivity index (χ1v) is 6.37. The highest BCUT2D eigenvalue weighted by atomic mass is 16.6. The molecule has 0 aliphatic carbocycles. The van der Waals surface area contributed by atoms with Crippen molar-refractivity contribution >= 4 is 11.4 Å². The van der Waals surface area contributed by atoms with E-state index in [1.165, 1.54) is 31.4 Å². The first-order chi connectivity index (χ1) is 8.58. The highest BCUT2D eigenvalue weighted by Gasteiger charge is 2.24. The summed E-state index contributed by atoms with van der Waals surface area (Å²) in [6.45, 7) is 4.40. The van der Waals surface area contributed by atoms with Gasteiger partial charge in [-0.1, -0.05) is 6.42 Å². The second-order valence-electron chi connectivity index (χ2n) is 4.95. The molecule has 1 saturated heterocycles. The molecule has 18 heavy (non-hydrogen) atoms. The number of rotatable bonds is 3. The SMILES string of the molecule is CC1CCCC(C)N1Nc1ccc([N+](=O)[O-])cc1. The minimum atomic E-state index is -0.379. The fourth-order valence-electron chi connectivity index (χ4n) is 2.45. The lowest BCUT2D eigenvalue weighted by atomic mass is 10.00. The third kappa shape index (κ3) is 2.79. The third-order valence-corrected chi connectivity index (χ3v) is 3.53. The molecule has 1 aliphatic rings. The number of benzene rings is 1. The average molecular weight is 249 g/mol. The summed E-state index contributed by atoms with van der Waals surface area (Å²) in [7, 11) is 0. The summed E-state index contributed by atoms with van der Waals surface area (Å²) in [5.74, 6) is 0. The third-order valence-electron chi connectivity index (χ3n) is 3.53. The lowest BCUT2D eigenvalue weighted by molar-refractivity contribution is -0.384. The van der Waals surface area contributed by atoms with Crippen molar-refractivity contribution in [3.05, 3.63) is 34.4 Å². The lowest BCUT2D eigenvalue weighted by Gasteiger charge is -2.39. The van der Waals surface area contributed by atoms with Gasteiger partial charge in [-0.05, 0) is 38.8 Å². The van der Waals surface area contributed by atoms with Gasteiger partial charge in [0.05, 0.1) is 4.92 Å². The van der Waals surface area contributed by atoms with Gasteiger partial charge in [-0.15, -0.1) is 0 Å². The Morgan fingerprint density at radius 1 is 1.22 bits per heavy atom. The van der Waals surface area contributed by atoms with Gasteiger partial charge in [0.1, 0.15) is 0 Å². The van der Waals surface area contributed by atoms with E-state index in [0.717, 1.165) is 5.69 Å². The van der Waals surface area contributed by atoms with Crippen molar-refractivity contribution in [3.63, 3.8) is 0 Å². The van der Waals surface area contributed by atoms with Crippen molar-refractivity contribution in [3.8, 4) is 0 Å². The molecule has 1 N–H and O–H groups in total. The Kier molecular flexibility index (Phi) is 3.81. The Morgan fingerprint density at radius 2 is 1.78 bits per heavy atom. The molecule has 0 radical (unpaired) electrons. The molecule has 1 aromatic carbocycles. The van der Waals surface area contributed by atoms with E-state index in [2.05, 4.69) is 24.3 Å². The number of hydrazine groups is 1. The van der Waals surface area contributed by atoms with Crippen LogP contribution in [0.3, 0.4) is 0 Å². The van der Waals surface area contributed by atoms with Gasteiger partial charge in [-0.3, -0.25) is 10.1 Å². The Hall–Kier alpha value is -1.62. The zero-order chi connectivity index (χ0) is 13.1. The van der Waals surface area contributed by atoms with E-state index >= 15 is 0 Å². The molecule has 1 aliphatic heterocycles. The molecule has 5 heteroatoms. The zero-order valence-electron chi connectivity index (χ0n) is 10.8. The molecule has 0 bridgehead atoms. The van der Waals surface area contributed by atoms with Gasteiger partial charge in [0.25, 0.3) is 5.69 Å². The topological polar surface area (TPSA) is 58.4 Å². The first-order valence-electron chi connectivity index (χ1n) is 6.37. The molecule has 5 nitrogen and oxygen atoms in total. The number of non-ortho nitro benzene ring substituents is 1. The highest BCUT2D eigenvalue weighted by Crippen LogP contribution is 2.24. The van der Waals surface area contributed by atoms with Crippen molar-refractivity contribution in [2.24, 2.45) is 0 Å². The van der Waals surface area contributed by atoms with Crippen LogP contribution in [0.25, 0.3) is 0 Å². The van der Waals surface area contributed by atoms with E-state index in [9.17, 15) is 10.1 Å². The molecule has 2 unspecified atom stereocenters. The number of nitrogens with one attached hydrogen (secondary N) is 1. The lowest BCUT2D eigenvalue weighted by Crippen LogP contribution is -2.47. The van der Waals surface area contributed by atoms with Crippen molar-refractivity contribution < 1.29 is 4.92 Å². The van der Waals surface area contributed by atoms with Crippen LogP contribution >= 0.6 is 0 Å². The summed E-state index contributed by atoms with van der Waals surface area (Å²) in [6, 6.07) is 7.55. The molecule has 0 saturated carbocycles. The fourth-order valence-corrected chi connectivity index (χ4v) is 2.45. The number of nitro groups is 1. The van der Waals surface area contributed by atoms with Crippen LogP contribution in [0.4, 0.5) is 11.4 Å². The Labute approximate surface area is 107 Å². The second-order valence-corrected chi connectivity index (χ2v) is 4.95. The smallest absolute Gasteiger partial charge is 0.269 e. The Morgan fingerprint density at radius 3 is 2.28 bits per heavy atom. The van der Waals surface area contributed by atoms with Gasteiger partial charge in [0.2, 0.25) is 0 Å². The molecule has 2 atom stereocenters. The minimum absolute atomic E-state index is 0.125. The maximum Gasteiger partial charge on any atom is 0.269 e. The second kappa shape index (κ2) is 5.35. The molecule has 2 rings (SSSR count). The van der Waals surface area contributed by atoms with E-state index in [0.29, 0.717) is 12.1 Å². The Balaban J connectivity index is 2.06. The van der Waals surface area contributed by atoms with Gasteiger partial charge < -0.3 is 5.43 Å². The molecule has 1 fully saturated rings. The standard InChI is InChI=1S/C13H19N3O2/c1-10-4-3-5-11(2)15(10)14-12-6-8-13(9-7-12)16(17)18/h6-11,14H,3-5H2,1-2H3. The fraction of sp³-hybridized carbons (Fsp3) is 0.538. The zero-order valence-corrected chi connectivity index (χ0v) is 10.8. The summed E-state index contributed by atoms with van der Waals surface area (Å²) in [5, 5.41) is 12.8. The van der Waals surface area contributed by atoms with E-state index in [1.54, 1.807) is 12.1 Å². The van der Waals surface area contributed by atoms with Gasteiger partial charge in [0, 0.05) is 29.9 Å². The van der Waals surface area contributed by atoms with Crippen LogP contribution in [0.5, 0.6) is 0 Å². The largest absolute Gasteiger partial charge is 0.318 e. The molecular weight excluding hydrogens is 230 g/mol. The summed E-state index contributed by atoms with van der Waals surface area (Å²) < 4.78 is 0. The van der Waals surface area contributed by atoms with Crippen LogP contribution in [-0.4, -0.2) is 22.0 Å². The van der Waals surface area contributed by atoms with E-state index in [-0.39, 0.29) is 10.6 Å². The number of nitrogens with zero attached hydrogens (tertiary/aromatic N) is 2. The van der Waals surface area contributed by atoms with Crippen molar-refractivity contribution in [1.82, 2.24) is 5.01 Å². The number of hydrogen-bond acceptors (Lipinski definition) is 4. The van der Waals surface area contributed by atoms with E-state index in [1.807, 2.05) is 0 Å². The molecule has 98 valence electrons. The first kappa shape index (κ1) is 12.8. The molecule has 0 amide bonds. The van der Waals surface area contributed by atoms with Gasteiger partial charge >= 0.3 is 0 Å². The summed E-state index contributed by atoms with van der Waals surface area (Å²) in [6.07, 6.45) is 3.63. The number of anilines is 1. The van der Waals surface area contributed by atoms with Crippen LogP contribution < -0.4 is 5.43 Å². The predicted octanol–water partition coefficient (Wildman–Crippen LogP) is 3.18. The van der Waals surface area contributed by atoms with Gasteiger partial charge in [-0.25, -0.2) is 5.01 Å². The van der Waals surface area contributed by atoms with Crippen molar-refractivity contribution in [1.29, 1.82) is 0 Å². The van der Waals surface area contributed by atoms with Crippen LogP contribution in [0, 0.1) is 10.1 Å². The normalized spacial score (nSPS) is 24.8. The van der Waals surface area contributed by atoms with E-state index in [4.69, 9.17) is 0 Å². The molecule has 0 aromatic heterocycles. The van der Waals surface area contributed by atoms with Crippen molar-refractivity contribution in [2.45, 2.75) is 45.2 Å². The van der Waals surface area contributed by atoms with Gasteiger partial charge in [0.15, 0.2) is 0 Å².